The molecular weight excluding hydrogens is 168 g/mol. The van der Waals surface area contributed by atoms with E-state index in [0.29, 0.717) is 0 Å². The minimum Gasteiger partial charge on any atom is -0.469 e. The molecule has 1 atom stereocenters. The number of rotatable bonds is 1. The van der Waals surface area contributed by atoms with Crippen molar-refractivity contribution < 1.29 is 9.53 Å². The number of hydrogen-bond acceptors (Lipinski definition) is 4. The Morgan fingerprint density at radius 2 is 2.23 bits per heavy atom. The third-order valence-corrected chi connectivity index (χ3v) is 2.70. The molecule has 1 aliphatic carbocycles. The first kappa shape index (κ1) is 8.41. The average molecular weight is 182 g/mol. The molecule has 1 aliphatic heterocycles. The number of allylic oxidation sites excluding steroid dienone is 2. The molecule has 2 aliphatic rings. The summed E-state index contributed by atoms with van der Waals surface area (Å²) in [6, 6.07) is 0. The van der Waals surface area contributed by atoms with Gasteiger partial charge >= 0.3 is 5.97 Å². The Hall–Kier alpha value is -1.19. The maximum atomic E-state index is 11.3. The molecule has 0 unspecified atom stereocenters. The van der Waals surface area contributed by atoms with Crippen LogP contribution in [-0.4, -0.2) is 19.7 Å². The summed E-state index contributed by atoms with van der Waals surface area (Å²) >= 11 is 0. The van der Waals surface area contributed by atoms with E-state index in [1.165, 1.54) is 18.5 Å². The molecule has 0 aromatic carbocycles. The highest BCUT2D eigenvalue weighted by atomic mass is 16.5. The van der Waals surface area contributed by atoms with E-state index in [2.05, 4.69) is 10.6 Å². The van der Waals surface area contributed by atoms with Crippen LogP contribution in [0.25, 0.3) is 0 Å². The Morgan fingerprint density at radius 1 is 1.46 bits per heavy atom. The lowest BCUT2D eigenvalue weighted by Crippen LogP contribution is -2.23. The summed E-state index contributed by atoms with van der Waals surface area (Å²) in [5, 5.41) is 6.48. The SMILES string of the molecule is COC(=O)[C@H]1CCC2=C(C1)NCN2. The summed E-state index contributed by atoms with van der Waals surface area (Å²) < 4.78 is 4.73. The molecule has 72 valence electrons. The fraction of sp³-hybridized carbons (Fsp3) is 0.667. The van der Waals surface area contributed by atoms with Gasteiger partial charge in [-0.15, -0.1) is 0 Å². The van der Waals surface area contributed by atoms with Gasteiger partial charge in [-0.1, -0.05) is 0 Å². The maximum absolute atomic E-state index is 11.3. The van der Waals surface area contributed by atoms with Gasteiger partial charge in [0.05, 0.1) is 19.7 Å². The van der Waals surface area contributed by atoms with Crippen LogP contribution < -0.4 is 10.6 Å². The molecule has 1 heterocycles. The molecule has 0 saturated carbocycles. The van der Waals surface area contributed by atoms with Crippen LogP contribution in [0, 0.1) is 5.92 Å². The number of carbonyl (C=O) groups excluding carboxylic acids is 1. The molecule has 4 nitrogen and oxygen atoms in total. The number of hydrogen-bond donors (Lipinski definition) is 2. The van der Waals surface area contributed by atoms with Crippen molar-refractivity contribution in [3.8, 4) is 0 Å². The van der Waals surface area contributed by atoms with Crippen LogP contribution in [0.3, 0.4) is 0 Å². The monoisotopic (exact) mass is 182 g/mol. The Kier molecular flexibility index (Phi) is 2.12. The van der Waals surface area contributed by atoms with E-state index >= 15 is 0 Å². The van der Waals surface area contributed by atoms with Crippen molar-refractivity contribution in [3.63, 3.8) is 0 Å². The quantitative estimate of drug-likeness (QED) is 0.573. The van der Waals surface area contributed by atoms with E-state index in [1.54, 1.807) is 0 Å². The largest absolute Gasteiger partial charge is 0.469 e. The average Bonchev–Trinajstić information content (AvgIpc) is 2.63. The summed E-state index contributed by atoms with van der Waals surface area (Å²) in [4.78, 5) is 11.3. The molecule has 2 N–H and O–H groups in total. The minimum atomic E-state index is -0.0831. The normalized spacial score (nSPS) is 26.1. The van der Waals surface area contributed by atoms with E-state index < -0.39 is 0 Å². The third kappa shape index (κ3) is 1.48. The van der Waals surface area contributed by atoms with Gasteiger partial charge < -0.3 is 15.4 Å². The van der Waals surface area contributed by atoms with E-state index in [9.17, 15) is 4.79 Å². The molecule has 0 spiro atoms. The van der Waals surface area contributed by atoms with Crippen LogP contribution in [0.5, 0.6) is 0 Å². The van der Waals surface area contributed by atoms with Crippen molar-refractivity contribution in [2.45, 2.75) is 19.3 Å². The Morgan fingerprint density at radius 3 is 3.00 bits per heavy atom. The number of nitrogens with one attached hydrogen (secondary N) is 2. The van der Waals surface area contributed by atoms with Crippen LogP contribution in [0.1, 0.15) is 19.3 Å². The van der Waals surface area contributed by atoms with E-state index in [0.717, 1.165) is 25.9 Å². The third-order valence-electron chi connectivity index (χ3n) is 2.70. The lowest BCUT2D eigenvalue weighted by molar-refractivity contribution is -0.145. The van der Waals surface area contributed by atoms with Gasteiger partial charge in [-0.25, -0.2) is 0 Å². The van der Waals surface area contributed by atoms with Crippen molar-refractivity contribution in [2.24, 2.45) is 5.92 Å². The highest BCUT2D eigenvalue weighted by Crippen LogP contribution is 2.29. The topological polar surface area (TPSA) is 50.4 Å². The van der Waals surface area contributed by atoms with Crippen LogP contribution in [0.15, 0.2) is 11.4 Å². The fourth-order valence-electron chi connectivity index (χ4n) is 1.94. The summed E-state index contributed by atoms with van der Waals surface area (Å²) in [5.41, 5.74) is 2.47. The molecule has 0 saturated heterocycles. The number of carbonyl (C=O) groups is 1. The van der Waals surface area contributed by atoms with Gasteiger partial charge in [-0.3, -0.25) is 4.79 Å². The molecule has 0 fully saturated rings. The van der Waals surface area contributed by atoms with Gasteiger partial charge in [-0.2, -0.15) is 0 Å². The van der Waals surface area contributed by atoms with E-state index in [-0.39, 0.29) is 11.9 Å². The van der Waals surface area contributed by atoms with Gasteiger partial charge in [0.15, 0.2) is 0 Å². The molecule has 4 heteroatoms. The molecule has 0 radical (unpaired) electrons. The van der Waals surface area contributed by atoms with Crippen LogP contribution in [-0.2, 0) is 9.53 Å². The summed E-state index contributed by atoms with van der Waals surface area (Å²) in [6.07, 6.45) is 2.66. The van der Waals surface area contributed by atoms with Gasteiger partial charge in [0.1, 0.15) is 0 Å². The van der Waals surface area contributed by atoms with Crippen molar-refractivity contribution in [1.82, 2.24) is 10.6 Å². The first-order chi connectivity index (χ1) is 6.31. The maximum Gasteiger partial charge on any atom is 0.309 e. The molecule has 0 bridgehead atoms. The zero-order valence-electron chi connectivity index (χ0n) is 7.72. The van der Waals surface area contributed by atoms with Crippen molar-refractivity contribution >= 4 is 5.97 Å². The predicted octanol–water partition coefficient (Wildman–Crippen LogP) is 0.321. The van der Waals surface area contributed by atoms with Crippen LogP contribution >= 0.6 is 0 Å². The highest BCUT2D eigenvalue weighted by molar-refractivity contribution is 5.73. The zero-order chi connectivity index (χ0) is 9.26. The second-order valence-corrected chi connectivity index (χ2v) is 3.45. The van der Waals surface area contributed by atoms with Gasteiger partial charge in [0, 0.05) is 17.8 Å². The zero-order valence-corrected chi connectivity index (χ0v) is 7.72. The van der Waals surface area contributed by atoms with Crippen LogP contribution in [0.2, 0.25) is 0 Å². The first-order valence-corrected chi connectivity index (χ1v) is 4.59. The fourth-order valence-corrected chi connectivity index (χ4v) is 1.94. The lowest BCUT2D eigenvalue weighted by atomic mass is 9.90. The lowest BCUT2D eigenvalue weighted by Gasteiger charge is -2.20. The standard InChI is InChI=1S/C9H14N2O2/c1-13-9(12)6-2-3-7-8(4-6)11-5-10-7/h6,10-11H,2-5H2,1H3/t6-/m0/s1. The first-order valence-electron chi connectivity index (χ1n) is 4.59. The molecule has 0 aromatic heterocycles. The van der Waals surface area contributed by atoms with Crippen molar-refractivity contribution in [1.29, 1.82) is 0 Å². The van der Waals surface area contributed by atoms with Gasteiger partial charge in [0.2, 0.25) is 0 Å². The van der Waals surface area contributed by atoms with Crippen LogP contribution in [0.4, 0.5) is 0 Å². The Labute approximate surface area is 77.3 Å². The molecule has 13 heavy (non-hydrogen) atoms. The Bertz CT molecular complexity index is 260. The highest BCUT2D eigenvalue weighted by Gasteiger charge is 2.28. The summed E-state index contributed by atoms with van der Waals surface area (Å²) in [5.74, 6) is -0.0311. The summed E-state index contributed by atoms with van der Waals surface area (Å²) in [7, 11) is 1.45. The molecule has 0 amide bonds. The molecule has 0 aromatic rings. The minimum absolute atomic E-state index is 0.0520. The second kappa shape index (κ2) is 3.28. The van der Waals surface area contributed by atoms with Crippen molar-refractivity contribution in [3.05, 3.63) is 11.4 Å². The number of esters is 1. The number of methoxy groups -OCH3 is 1. The predicted molar refractivity (Wildman–Crippen MR) is 47.5 cm³/mol. The van der Waals surface area contributed by atoms with E-state index in [1.807, 2.05) is 0 Å². The van der Waals surface area contributed by atoms with E-state index in [4.69, 9.17) is 4.74 Å². The molecule has 2 rings (SSSR count). The number of ether oxygens (including phenoxy) is 1. The molecular formula is C9H14N2O2. The van der Waals surface area contributed by atoms with Crippen molar-refractivity contribution in [2.75, 3.05) is 13.8 Å². The van der Waals surface area contributed by atoms with Gasteiger partial charge in [0.25, 0.3) is 0 Å². The van der Waals surface area contributed by atoms with Gasteiger partial charge in [-0.05, 0) is 12.8 Å². The second-order valence-electron chi connectivity index (χ2n) is 3.45. The Balaban J connectivity index is 2.03. The summed E-state index contributed by atoms with van der Waals surface area (Å²) in [6.45, 7) is 0.804. The smallest absolute Gasteiger partial charge is 0.309 e.